The van der Waals surface area contributed by atoms with Crippen molar-refractivity contribution in [1.82, 2.24) is 24.6 Å². The number of amides is 1. The van der Waals surface area contributed by atoms with Gasteiger partial charge in [-0.2, -0.15) is 5.10 Å². The van der Waals surface area contributed by atoms with Crippen LogP contribution < -0.4 is 10.9 Å². The average Bonchev–Trinajstić information content (AvgIpc) is 3.22. The Morgan fingerprint density at radius 2 is 1.86 bits per heavy atom. The molecule has 4 aromatic rings. The Labute approximate surface area is 202 Å². The maximum Gasteiger partial charge on any atom is 0.261 e. The number of carbonyl (C=O) groups excluding carboxylic acids is 1. The topological polar surface area (TPSA) is 81.8 Å². The van der Waals surface area contributed by atoms with Crippen LogP contribution in [0.25, 0.3) is 16.6 Å². The van der Waals surface area contributed by atoms with Gasteiger partial charge in [-0.15, -0.1) is 0 Å². The zero-order valence-corrected chi connectivity index (χ0v) is 19.9. The first-order valence-corrected chi connectivity index (χ1v) is 12.1. The van der Waals surface area contributed by atoms with Gasteiger partial charge in [-0.1, -0.05) is 12.8 Å². The van der Waals surface area contributed by atoms with Crippen molar-refractivity contribution in [3.05, 3.63) is 87.5 Å². The number of carbonyl (C=O) groups is 1. The van der Waals surface area contributed by atoms with Gasteiger partial charge in [0.05, 0.1) is 28.8 Å². The number of rotatable bonds is 4. The largest absolute Gasteiger partial charge is 0.345 e. The highest BCUT2D eigenvalue weighted by atomic mass is 19.1. The predicted molar refractivity (Wildman–Crippen MR) is 132 cm³/mol. The van der Waals surface area contributed by atoms with Crippen LogP contribution in [0, 0.1) is 12.7 Å². The molecule has 180 valence electrons. The zero-order chi connectivity index (χ0) is 24.5. The number of fused-ring (bicyclic) bond motifs is 2. The van der Waals surface area contributed by atoms with Crippen LogP contribution in [-0.2, 0) is 13.0 Å². The zero-order valence-electron chi connectivity index (χ0n) is 19.9. The molecule has 1 aliphatic heterocycles. The molecule has 1 aliphatic rings. The third-order valence-corrected chi connectivity index (χ3v) is 6.76. The van der Waals surface area contributed by atoms with Gasteiger partial charge in [0.25, 0.3) is 11.5 Å². The van der Waals surface area contributed by atoms with Gasteiger partial charge in [0.1, 0.15) is 11.6 Å². The quantitative estimate of drug-likeness (QED) is 0.468. The van der Waals surface area contributed by atoms with Crippen LogP contribution in [-0.4, -0.2) is 25.2 Å². The van der Waals surface area contributed by atoms with E-state index in [4.69, 9.17) is 4.98 Å². The summed E-state index contributed by atoms with van der Waals surface area (Å²) in [6.07, 6.45) is 6.76. The van der Waals surface area contributed by atoms with Gasteiger partial charge in [0, 0.05) is 29.8 Å². The van der Waals surface area contributed by atoms with Gasteiger partial charge in [-0.25, -0.2) is 14.1 Å². The molecule has 1 amide bonds. The fourth-order valence-corrected chi connectivity index (χ4v) is 4.78. The molecule has 0 saturated heterocycles. The summed E-state index contributed by atoms with van der Waals surface area (Å²) in [5.41, 5.74) is 3.45. The molecule has 1 atom stereocenters. The standard InChI is InChI=1S/C27H28FN5O2/c1-17(23-16-29-33(18(23)2)21-11-9-20(28)10-12-21)30-26(34)19-8-13-22-24(15-19)31-25-7-5-3-4-6-14-32(25)27(22)35/h8-13,15-17H,3-7,14H2,1-2H3,(H,30,34). The molecule has 0 bridgehead atoms. The number of nitrogens with one attached hydrogen (secondary N) is 1. The average molecular weight is 474 g/mol. The van der Waals surface area contributed by atoms with Crippen molar-refractivity contribution in [1.29, 1.82) is 0 Å². The summed E-state index contributed by atoms with van der Waals surface area (Å²) in [5.74, 6) is 0.248. The number of aryl methyl sites for hydroxylation is 1. The van der Waals surface area contributed by atoms with E-state index in [9.17, 15) is 14.0 Å². The van der Waals surface area contributed by atoms with Crippen LogP contribution in [0.1, 0.15) is 66.1 Å². The van der Waals surface area contributed by atoms with E-state index in [0.717, 1.165) is 54.9 Å². The van der Waals surface area contributed by atoms with Crippen LogP contribution in [0.5, 0.6) is 0 Å². The maximum absolute atomic E-state index is 13.3. The van der Waals surface area contributed by atoms with Gasteiger partial charge < -0.3 is 5.32 Å². The van der Waals surface area contributed by atoms with E-state index >= 15 is 0 Å². The molecule has 7 nitrogen and oxygen atoms in total. The molecule has 8 heteroatoms. The van der Waals surface area contributed by atoms with E-state index in [1.807, 2.05) is 13.8 Å². The number of nitrogens with zero attached hydrogens (tertiary/aromatic N) is 4. The summed E-state index contributed by atoms with van der Waals surface area (Å²) in [7, 11) is 0. The minimum atomic E-state index is -0.307. The molecule has 2 aromatic heterocycles. The SMILES string of the molecule is Cc1c(C(C)NC(=O)c2ccc3c(=O)n4c(nc3c2)CCCCCC4)cnn1-c1ccc(F)cc1. The molecular weight excluding hydrogens is 445 g/mol. The van der Waals surface area contributed by atoms with Crippen LogP contribution >= 0.6 is 0 Å². The number of hydrogen-bond donors (Lipinski definition) is 1. The maximum atomic E-state index is 13.3. The first kappa shape index (κ1) is 23.0. The van der Waals surface area contributed by atoms with Crippen LogP contribution in [0.3, 0.4) is 0 Å². The molecule has 1 N–H and O–H groups in total. The first-order valence-electron chi connectivity index (χ1n) is 12.1. The summed E-state index contributed by atoms with van der Waals surface area (Å²) in [5, 5.41) is 7.98. The van der Waals surface area contributed by atoms with Crippen molar-refractivity contribution >= 4 is 16.8 Å². The third-order valence-electron chi connectivity index (χ3n) is 6.76. The van der Waals surface area contributed by atoms with E-state index in [1.165, 1.54) is 12.1 Å². The Hall–Kier alpha value is -3.81. The summed E-state index contributed by atoms with van der Waals surface area (Å²) >= 11 is 0. The molecule has 2 aromatic carbocycles. The third kappa shape index (κ3) is 4.48. The second kappa shape index (κ2) is 9.44. The molecular formula is C27H28FN5O2. The lowest BCUT2D eigenvalue weighted by Gasteiger charge is -2.17. The highest BCUT2D eigenvalue weighted by molar-refractivity contribution is 5.97. The minimum absolute atomic E-state index is 0.0314. The van der Waals surface area contributed by atoms with Gasteiger partial charge in [-0.3, -0.25) is 14.2 Å². The van der Waals surface area contributed by atoms with Crippen molar-refractivity contribution in [3.63, 3.8) is 0 Å². The molecule has 5 rings (SSSR count). The summed E-state index contributed by atoms with van der Waals surface area (Å²) in [4.78, 5) is 30.9. The molecule has 0 spiro atoms. The highest BCUT2D eigenvalue weighted by Gasteiger charge is 2.19. The number of aromatic nitrogens is 4. The van der Waals surface area contributed by atoms with E-state index in [0.29, 0.717) is 23.0 Å². The Balaban J connectivity index is 1.39. The molecule has 1 unspecified atom stereocenters. The second-order valence-corrected chi connectivity index (χ2v) is 9.15. The summed E-state index contributed by atoms with van der Waals surface area (Å²) in [6.45, 7) is 4.50. The van der Waals surface area contributed by atoms with E-state index in [-0.39, 0.29) is 23.3 Å². The second-order valence-electron chi connectivity index (χ2n) is 9.15. The molecule has 0 fully saturated rings. The number of benzene rings is 2. The highest BCUT2D eigenvalue weighted by Crippen LogP contribution is 2.22. The van der Waals surface area contributed by atoms with Gasteiger partial charge in [-0.05, 0) is 69.2 Å². The van der Waals surface area contributed by atoms with Crippen molar-refractivity contribution in [2.24, 2.45) is 0 Å². The fraction of sp³-hybridized carbons (Fsp3) is 0.333. The Bertz CT molecular complexity index is 1460. The molecule has 0 saturated carbocycles. The normalized spacial score (nSPS) is 14.7. The number of hydrogen-bond acceptors (Lipinski definition) is 4. The van der Waals surface area contributed by atoms with Gasteiger partial charge in [0.15, 0.2) is 0 Å². The summed E-state index contributed by atoms with van der Waals surface area (Å²) in [6, 6.07) is 10.9. The fourth-order valence-electron chi connectivity index (χ4n) is 4.78. The van der Waals surface area contributed by atoms with Crippen molar-refractivity contribution in [2.45, 2.75) is 58.5 Å². The molecule has 3 heterocycles. The van der Waals surface area contributed by atoms with E-state index in [2.05, 4.69) is 10.4 Å². The molecule has 35 heavy (non-hydrogen) atoms. The Morgan fingerprint density at radius 1 is 1.09 bits per heavy atom. The lowest BCUT2D eigenvalue weighted by Crippen LogP contribution is -2.28. The number of halogens is 1. The van der Waals surface area contributed by atoms with Gasteiger partial charge >= 0.3 is 0 Å². The van der Waals surface area contributed by atoms with Crippen LogP contribution in [0.15, 0.2) is 53.5 Å². The Morgan fingerprint density at radius 3 is 2.66 bits per heavy atom. The Kier molecular flexibility index (Phi) is 6.19. The van der Waals surface area contributed by atoms with E-state index in [1.54, 1.807) is 45.8 Å². The first-order chi connectivity index (χ1) is 16.9. The van der Waals surface area contributed by atoms with Crippen molar-refractivity contribution in [3.8, 4) is 5.69 Å². The lowest BCUT2D eigenvalue weighted by molar-refractivity contribution is 0.0940. The summed E-state index contributed by atoms with van der Waals surface area (Å²) < 4.78 is 16.8. The van der Waals surface area contributed by atoms with Gasteiger partial charge in [0.2, 0.25) is 0 Å². The predicted octanol–water partition coefficient (Wildman–Crippen LogP) is 4.64. The molecule has 0 radical (unpaired) electrons. The lowest BCUT2D eigenvalue weighted by atomic mass is 10.1. The van der Waals surface area contributed by atoms with Crippen LogP contribution in [0.4, 0.5) is 4.39 Å². The molecule has 0 aliphatic carbocycles. The van der Waals surface area contributed by atoms with Crippen molar-refractivity contribution in [2.75, 3.05) is 0 Å². The van der Waals surface area contributed by atoms with Crippen LogP contribution in [0.2, 0.25) is 0 Å². The monoisotopic (exact) mass is 473 g/mol. The van der Waals surface area contributed by atoms with Crippen molar-refractivity contribution < 1.29 is 9.18 Å². The smallest absolute Gasteiger partial charge is 0.261 e. The minimum Gasteiger partial charge on any atom is -0.345 e. The van der Waals surface area contributed by atoms with E-state index < -0.39 is 0 Å².